The van der Waals surface area contributed by atoms with Crippen LogP contribution in [0.1, 0.15) is 11.3 Å². The second-order valence-corrected chi connectivity index (χ2v) is 5.84. The van der Waals surface area contributed by atoms with E-state index in [1.54, 1.807) is 0 Å². The van der Waals surface area contributed by atoms with E-state index in [2.05, 4.69) is 48.4 Å². The maximum absolute atomic E-state index is 9.26. The molecule has 3 aromatic carbocycles. The number of rotatable bonds is 2. The molecule has 0 saturated heterocycles. The fourth-order valence-corrected chi connectivity index (χ4v) is 2.87. The average molecular weight is 309 g/mol. The lowest BCUT2D eigenvalue weighted by Crippen LogP contribution is -1.99. The molecule has 0 saturated carbocycles. The van der Waals surface area contributed by atoms with Crippen LogP contribution in [0.4, 0.5) is 0 Å². The minimum atomic E-state index is 0.415. The molecule has 0 bridgehead atoms. The van der Waals surface area contributed by atoms with Crippen molar-refractivity contribution in [1.82, 2.24) is 9.78 Å². The van der Waals surface area contributed by atoms with Crippen molar-refractivity contribution in [3.63, 3.8) is 0 Å². The Bertz CT molecular complexity index is 1070. The molecule has 1 heterocycles. The van der Waals surface area contributed by atoms with Crippen LogP contribution >= 0.6 is 0 Å². The number of nitriles is 1. The van der Waals surface area contributed by atoms with Gasteiger partial charge in [-0.25, -0.2) is 4.68 Å². The summed E-state index contributed by atoms with van der Waals surface area (Å²) in [4.78, 5) is 0. The third kappa shape index (κ3) is 2.45. The van der Waals surface area contributed by atoms with Crippen molar-refractivity contribution in [2.45, 2.75) is 6.92 Å². The van der Waals surface area contributed by atoms with Crippen molar-refractivity contribution in [2.75, 3.05) is 0 Å². The number of hydrogen-bond acceptors (Lipinski definition) is 2. The van der Waals surface area contributed by atoms with E-state index in [1.807, 2.05) is 47.1 Å². The topological polar surface area (TPSA) is 41.6 Å². The molecule has 24 heavy (non-hydrogen) atoms. The maximum atomic E-state index is 9.26. The van der Waals surface area contributed by atoms with Crippen LogP contribution in [-0.2, 0) is 0 Å². The summed E-state index contributed by atoms with van der Waals surface area (Å²) in [5, 5.41) is 16.1. The lowest BCUT2D eigenvalue weighted by atomic mass is 10.0. The van der Waals surface area contributed by atoms with E-state index in [0.717, 1.165) is 16.9 Å². The van der Waals surface area contributed by atoms with Crippen molar-refractivity contribution in [2.24, 2.45) is 0 Å². The Kier molecular flexibility index (Phi) is 3.36. The average Bonchev–Trinajstić information content (AvgIpc) is 3.06. The summed E-state index contributed by atoms with van der Waals surface area (Å²) in [5.41, 5.74) is 4.52. The molecule has 0 N–H and O–H groups in total. The van der Waals surface area contributed by atoms with Crippen LogP contribution in [0.3, 0.4) is 0 Å². The molecule has 0 aliphatic carbocycles. The van der Waals surface area contributed by atoms with Gasteiger partial charge in [-0.1, -0.05) is 54.1 Å². The van der Waals surface area contributed by atoms with Crippen LogP contribution in [-0.4, -0.2) is 9.78 Å². The highest BCUT2D eigenvalue weighted by Gasteiger charge is 2.12. The first-order valence-corrected chi connectivity index (χ1v) is 7.81. The van der Waals surface area contributed by atoms with Gasteiger partial charge in [0.1, 0.15) is 6.07 Å². The zero-order chi connectivity index (χ0) is 16.5. The molecule has 114 valence electrons. The second-order valence-electron chi connectivity index (χ2n) is 5.84. The Hall–Kier alpha value is -3.38. The molecule has 0 amide bonds. The van der Waals surface area contributed by atoms with Crippen molar-refractivity contribution in [3.8, 4) is 23.0 Å². The first-order valence-electron chi connectivity index (χ1n) is 7.81. The Morgan fingerprint density at radius 2 is 1.62 bits per heavy atom. The van der Waals surface area contributed by atoms with E-state index in [0.29, 0.717) is 5.69 Å². The first kappa shape index (κ1) is 14.2. The van der Waals surface area contributed by atoms with Crippen molar-refractivity contribution in [1.29, 1.82) is 5.26 Å². The predicted octanol–water partition coefficient (Wildman–Crippen LogP) is 4.87. The fraction of sp³-hybridized carbons (Fsp3) is 0.0476. The molecule has 4 aromatic rings. The smallest absolute Gasteiger partial charge is 0.163 e. The van der Waals surface area contributed by atoms with E-state index in [9.17, 15) is 5.26 Å². The third-order valence-corrected chi connectivity index (χ3v) is 4.15. The molecule has 0 atom stereocenters. The fourth-order valence-electron chi connectivity index (χ4n) is 2.87. The van der Waals surface area contributed by atoms with Gasteiger partial charge in [-0.3, -0.25) is 0 Å². The minimum Gasteiger partial charge on any atom is -0.232 e. The van der Waals surface area contributed by atoms with Crippen LogP contribution in [0.2, 0.25) is 0 Å². The van der Waals surface area contributed by atoms with Gasteiger partial charge >= 0.3 is 0 Å². The highest BCUT2D eigenvalue weighted by molar-refractivity contribution is 5.87. The first-order chi connectivity index (χ1) is 11.7. The number of benzene rings is 3. The SMILES string of the molecule is Cc1ccc(-n2nc(C#N)cc2-c2ccc3ccccc3c2)cc1. The van der Waals surface area contributed by atoms with Crippen LogP contribution in [0.15, 0.2) is 72.8 Å². The Labute approximate surface area is 140 Å². The number of aromatic nitrogens is 2. The predicted molar refractivity (Wildman–Crippen MR) is 96.0 cm³/mol. The highest BCUT2D eigenvalue weighted by atomic mass is 15.3. The van der Waals surface area contributed by atoms with Gasteiger partial charge in [-0.05, 0) is 35.9 Å². The molecule has 1 aromatic heterocycles. The van der Waals surface area contributed by atoms with Gasteiger partial charge in [0.25, 0.3) is 0 Å². The molecule has 0 aliphatic rings. The third-order valence-electron chi connectivity index (χ3n) is 4.15. The molecular weight excluding hydrogens is 294 g/mol. The summed E-state index contributed by atoms with van der Waals surface area (Å²) >= 11 is 0. The van der Waals surface area contributed by atoms with Gasteiger partial charge in [-0.2, -0.15) is 10.4 Å². The van der Waals surface area contributed by atoms with Crippen LogP contribution in [0.5, 0.6) is 0 Å². The molecule has 3 heteroatoms. The Morgan fingerprint density at radius 1 is 0.875 bits per heavy atom. The molecule has 0 fully saturated rings. The zero-order valence-corrected chi connectivity index (χ0v) is 13.3. The van der Waals surface area contributed by atoms with Crippen molar-refractivity contribution in [3.05, 3.63) is 84.1 Å². The molecule has 0 aliphatic heterocycles. The number of nitrogens with zero attached hydrogens (tertiary/aromatic N) is 3. The second kappa shape index (κ2) is 5.68. The van der Waals surface area contributed by atoms with Crippen molar-refractivity contribution >= 4 is 10.8 Å². The summed E-state index contributed by atoms with van der Waals surface area (Å²) in [5.74, 6) is 0. The standard InChI is InChI=1S/C21H15N3/c1-15-6-10-20(11-7-15)24-21(13-19(14-22)23-24)18-9-8-16-4-2-3-5-17(16)12-18/h2-13H,1H3. The maximum Gasteiger partial charge on any atom is 0.163 e. The van der Waals surface area contributed by atoms with Crippen LogP contribution in [0.25, 0.3) is 27.7 Å². The zero-order valence-electron chi connectivity index (χ0n) is 13.3. The highest BCUT2D eigenvalue weighted by Crippen LogP contribution is 2.27. The van der Waals surface area contributed by atoms with Crippen LogP contribution < -0.4 is 0 Å². The van der Waals surface area contributed by atoms with Crippen LogP contribution in [0, 0.1) is 18.3 Å². The van der Waals surface area contributed by atoms with E-state index in [4.69, 9.17) is 0 Å². The number of hydrogen-bond donors (Lipinski definition) is 0. The van der Waals surface area contributed by atoms with Crippen molar-refractivity contribution < 1.29 is 0 Å². The van der Waals surface area contributed by atoms with Gasteiger partial charge in [-0.15, -0.1) is 0 Å². The van der Waals surface area contributed by atoms with Gasteiger partial charge in [0.05, 0.1) is 11.4 Å². The monoisotopic (exact) mass is 309 g/mol. The van der Waals surface area contributed by atoms with E-state index in [1.165, 1.54) is 16.3 Å². The summed E-state index contributed by atoms with van der Waals surface area (Å²) < 4.78 is 1.84. The largest absolute Gasteiger partial charge is 0.232 e. The minimum absolute atomic E-state index is 0.415. The molecule has 0 radical (unpaired) electrons. The molecule has 4 rings (SSSR count). The molecule has 0 unspecified atom stereocenters. The summed E-state index contributed by atoms with van der Waals surface area (Å²) in [7, 11) is 0. The quantitative estimate of drug-likeness (QED) is 0.530. The molecule has 3 nitrogen and oxygen atoms in total. The van der Waals surface area contributed by atoms with E-state index in [-0.39, 0.29) is 0 Å². The van der Waals surface area contributed by atoms with Gasteiger partial charge in [0, 0.05) is 11.6 Å². The molecule has 0 spiro atoms. The Balaban J connectivity index is 1.91. The number of aryl methyl sites for hydroxylation is 1. The lowest BCUT2D eigenvalue weighted by Gasteiger charge is -2.09. The lowest BCUT2D eigenvalue weighted by molar-refractivity contribution is 0.880. The summed E-state index contributed by atoms with van der Waals surface area (Å²) in [6.07, 6.45) is 0. The normalized spacial score (nSPS) is 10.7. The van der Waals surface area contributed by atoms with E-state index >= 15 is 0 Å². The Morgan fingerprint density at radius 3 is 2.38 bits per heavy atom. The summed E-state index contributed by atoms with van der Waals surface area (Å²) in [6, 6.07) is 26.7. The van der Waals surface area contributed by atoms with Gasteiger partial charge in [0.15, 0.2) is 5.69 Å². The van der Waals surface area contributed by atoms with E-state index < -0.39 is 0 Å². The number of fused-ring (bicyclic) bond motifs is 1. The van der Waals surface area contributed by atoms with Gasteiger partial charge < -0.3 is 0 Å². The summed E-state index contributed by atoms with van der Waals surface area (Å²) in [6.45, 7) is 2.05. The molecular formula is C21H15N3. The van der Waals surface area contributed by atoms with Gasteiger partial charge in [0.2, 0.25) is 0 Å².